The van der Waals surface area contributed by atoms with Crippen LogP contribution >= 0.6 is 0 Å². The highest BCUT2D eigenvalue weighted by atomic mass is 16.3. The van der Waals surface area contributed by atoms with Crippen LogP contribution in [-0.2, 0) is 0 Å². The quantitative estimate of drug-likeness (QED) is 0.221. The summed E-state index contributed by atoms with van der Waals surface area (Å²) in [4.78, 5) is 0. The molecule has 0 saturated carbocycles. The van der Waals surface area contributed by atoms with E-state index < -0.39 is 0 Å². The fourth-order valence-electron chi connectivity index (χ4n) is 5.65. The van der Waals surface area contributed by atoms with Gasteiger partial charge in [-0.3, -0.25) is 0 Å². The Morgan fingerprint density at radius 1 is 0.325 bits per heavy atom. The van der Waals surface area contributed by atoms with E-state index in [1.54, 1.807) is 12.1 Å². The number of phenolic OH excluding ortho intramolecular Hbond substituents is 2. The SMILES string of the molecule is Oc1ccc(-c2ccccc2)cc1[C@H](c1ccccc1)[C@@H](c1ccccc1)c1cc(-c2ccccc2)ccc1O. The molecule has 0 bridgehead atoms. The fraction of sp³-hybridized carbons (Fsp3) is 0.0526. The van der Waals surface area contributed by atoms with Gasteiger partial charge in [0.1, 0.15) is 11.5 Å². The Bertz CT molecular complexity index is 1570. The first-order chi connectivity index (χ1) is 19.7. The van der Waals surface area contributed by atoms with Crippen LogP contribution in [0, 0.1) is 0 Å². The third-order valence-corrected chi connectivity index (χ3v) is 7.59. The number of rotatable bonds is 7. The molecule has 0 radical (unpaired) electrons. The second-order valence-corrected chi connectivity index (χ2v) is 10.1. The molecule has 6 rings (SSSR count). The number of aromatic hydroxyl groups is 2. The van der Waals surface area contributed by atoms with E-state index in [4.69, 9.17) is 0 Å². The highest BCUT2D eigenvalue weighted by Gasteiger charge is 2.32. The van der Waals surface area contributed by atoms with Crippen molar-refractivity contribution < 1.29 is 10.2 Å². The monoisotopic (exact) mass is 518 g/mol. The van der Waals surface area contributed by atoms with Crippen molar-refractivity contribution in [2.75, 3.05) is 0 Å². The maximum absolute atomic E-state index is 11.4. The normalized spacial score (nSPS) is 12.5. The first kappa shape index (κ1) is 25.2. The van der Waals surface area contributed by atoms with E-state index in [1.165, 1.54) is 0 Å². The Labute approximate surface area is 235 Å². The van der Waals surface area contributed by atoms with Gasteiger partial charge in [-0.1, -0.05) is 133 Å². The van der Waals surface area contributed by atoms with E-state index in [9.17, 15) is 10.2 Å². The minimum absolute atomic E-state index is 0.230. The van der Waals surface area contributed by atoms with Crippen molar-refractivity contribution in [1.29, 1.82) is 0 Å². The molecule has 0 unspecified atom stereocenters. The molecule has 0 aliphatic carbocycles. The van der Waals surface area contributed by atoms with E-state index in [2.05, 4.69) is 60.7 Å². The molecule has 194 valence electrons. The van der Waals surface area contributed by atoms with Gasteiger partial charge >= 0.3 is 0 Å². The summed E-state index contributed by atoms with van der Waals surface area (Å²) in [5, 5.41) is 22.8. The molecule has 0 saturated heterocycles. The first-order valence-corrected chi connectivity index (χ1v) is 13.6. The van der Waals surface area contributed by atoms with E-state index in [0.29, 0.717) is 0 Å². The minimum Gasteiger partial charge on any atom is -0.508 e. The summed E-state index contributed by atoms with van der Waals surface area (Å²) < 4.78 is 0. The van der Waals surface area contributed by atoms with Gasteiger partial charge in [0.15, 0.2) is 0 Å². The molecule has 40 heavy (non-hydrogen) atoms. The molecular formula is C38H30O2. The Kier molecular flexibility index (Phi) is 7.15. The van der Waals surface area contributed by atoms with Gasteiger partial charge in [0, 0.05) is 23.0 Å². The molecule has 6 aromatic carbocycles. The van der Waals surface area contributed by atoms with Gasteiger partial charge in [-0.05, 0) is 57.6 Å². The number of hydrogen-bond donors (Lipinski definition) is 2. The van der Waals surface area contributed by atoms with Crippen LogP contribution in [-0.4, -0.2) is 10.2 Å². The van der Waals surface area contributed by atoms with Crippen LogP contribution in [0.5, 0.6) is 11.5 Å². The predicted octanol–water partition coefficient (Wildman–Crippen LogP) is 9.40. The molecule has 2 nitrogen and oxygen atoms in total. The van der Waals surface area contributed by atoms with Gasteiger partial charge in [-0.15, -0.1) is 0 Å². The summed E-state index contributed by atoms with van der Waals surface area (Å²) in [5.74, 6) is -0.0882. The summed E-state index contributed by atoms with van der Waals surface area (Å²) in [6.45, 7) is 0. The zero-order chi connectivity index (χ0) is 27.3. The average molecular weight is 519 g/mol. The molecular weight excluding hydrogens is 488 g/mol. The van der Waals surface area contributed by atoms with Crippen molar-refractivity contribution in [2.45, 2.75) is 11.8 Å². The standard InChI is InChI=1S/C38H30O2/c39-35-23-21-31(27-13-5-1-6-14-27)25-33(35)37(29-17-9-3-10-18-29)38(30-19-11-4-12-20-30)34-26-32(22-24-36(34)40)28-15-7-2-8-16-28/h1-26,37-40H/t37-,38-/m0/s1. The maximum Gasteiger partial charge on any atom is 0.119 e. The largest absolute Gasteiger partial charge is 0.508 e. The average Bonchev–Trinajstić information content (AvgIpc) is 3.02. The van der Waals surface area contributed by atoms with Crippen LogP contribution in [0.4, 0.5) is 0 Å². The van der Waals surface area contributed by atoms with Gasteiger partial charge in [-0.25, -0.2) is 0 Å². The van der Waals surface area contributed by atoms with Crippen LogP contribution in [0.1, 0.15) is 34.1 Å². The Morgan fingerprint density at radius 2 is 0.650 bits per heavy atom. The lowest BCUT2D eigenvalue weighted by Gasteiger charge is -2.31. The Hall–Kier alpha value is -5.08. The third kappa shape index (κ3) is 5.12. The fourth-order valence-corrected chi connectivity index (χ4v) is 5.65. The second kappa shape index (κ2) is 11.3. The molecule has 0 amide bonds. The summed E-state index contributed by atoms with van der Waals surface area (Å²) in [6.07, 6.45) is 0. The van der Waals surface area contributed by atoms with Gasteiger partial charge < -0.3 is 10.2 Å². The van der Waals surface area contributed by atoms with E-state index in [-0.39, 0.29) is 23.3 Å². The second-order valence-electron chi connectivity index (χ2n) is 10.1. The molecule has 0 fully saturated rings. The smallest absolute Gasteiger partial charge is 0.119 e. The number of hydrogen-bond acceptors (Lipinski definition) is 2. The summed E-state index contributed by atoms with van der Waals surface area (Å²) in [7, 11) is 0. The van der Waals surface area contributed by atoms with Crippen molar-refractivity contribution in [3.8, 4) is 33.8 Å². The molecule has 0 aromatic heterocycles. The molecule has 0 aliphatic heterocycles. The van der Waals surface area contributed by atoms with Crippen molar-refractivity contribution in [2.24, 2.45) is 0 Å². The zero-order valence-corrected chi connectivity index (χ0v) is 22.1. The molecule has 0 spiro atoms. The van der Waals surface area contributed by atoms with Gasteiger partial charge in [-0.2, -0.15) is 0 Å². The van der Waals surface area contributed by atoms with Gasteiger partial charge in [0.25, 0.3) is 0 Å². The lowest BCUT2D eigenvalue weighted by Crippen LogP contribution is -2.15. The van der Waals surface area contributed by atoms with Crippen LogP contribution < -0.4 is 0 Å². The summed E-state index contributed by atoms with van der Waals surface area (Å²) in [5.41, 5.74) is 7.97. The van der Waals surface area contributed by atoms with E-state index in [0.717, 1.165) is 44.5 Å². The van der Waals surface area contributed by atoms with E-state index in [1.807, 2.05) is 84.9 Å². The van der Waals surface area contributed by atoms with Crippen LogP contribution in [0.15, 0.2) is 158 Å². The molecule has 2 atom stereocenters. The van der Waals surface area contributed by atoms with Crippen molar-refractivity contribution in [3.63, 3.8) is 0 Å². The predicted molar refractivity (Wildman–Crippen MR) is 164 cm³/mol. The van der Waals surface area contributed by atoms with Crippen molar-refractivity contribution in [3.05, 3.63) is 180 Å². The topological polar surface area (TPSA) is 40.5 Å². The summed E-state index contributed by atoms with van der Waals surface area (Å²) in [6, 6.07) is 52.7. The first-order valence-electron chi connectivity index (χ1n) is 13.6. The van der Waals surface area contributed by atoms with Crippen LogP contribution in [0.25, 0.3) is 22.3 Å². The zero-order valence-electron chi connectivity index (χ0n) is 22.1. The lowest BCUT2D eigenvalue weighted by atomic mass is 9.72. The Morgan fingerprint density at radius 3 is 1.00 bits per heavy atom. The van der Waals surface area contributed by atoms with E-state index >= 15 is 0 Å². The molecule has 6 aromatic rings. The van der Waals surface area contributed by atoms with Crippen LogP contribution in [0.2, 0.25) is 0 Å². The maximum atomic E-state index is 11.4. The third-order valence-electron chi connectivity index (χ3n) is 7.59. The molecule has 0 heterocycles. The summed E-state index contributed by atoms with van der Waals surface area (Å²) >= 11 is 0. The highest BCUT2D eigenvalue weighted by Crippen LogP contribution is 2.49. The molecule has 0 aliphatic rings. The number of phenols is 2. The Balaban J connectivity index is 1.61. The number of benzene rings is 6. The molecule has 2 heteroatoms. The van der Waals surface area contributed by atoms with Gasteiger partial charge in [0.2, 0.25) is 0 Å². The van der Waals surface area contributed by atoms with Gasteiger partial charge in [0.05, 0.1) is 0 Å². The van der Waals surface area contributed by atoms with Crippen molar-refractivity contribution in [1.82, 2.24) is 0 Å². The molecule has 2 N–H and O–H groups in total. The van der Waals surface area contributed by atoms with Crippen molar-refractivity contribution >= 4 is 0 Å². The lowest BCUT2D eigenvalue weighted by molar-refractivity contribution is 0.451. The minimum atomic E-state index is -0.274. The van der Waals surface area contributed by atoms with Crippen LogP contribution in [0.3, 0.4) is 0 Å². The highest BCUT2D eigenvalue weighted by molar-refractivity contribution is 5.69.